The zero-order valence-electron chi connectivity index (χ0n) is 9.93. The molecule has 0 radical (unpaired) electrons. The molecule has 1 aromatic rings. The third-order valence-corrected chi connectivity index (χ3v) is 2.73. The van der Waals surface area contributed by atoms with Crippen LogP contribution in [0.3, 0.4) is 0 Å². The van der Waals surface area contributed by atoms with Crippen molar-refractivity contribution >= 4 is 15.9 Å². The quantitative estimate of drug-likeness (QED) is 0.744. The fourth-order valence-electron chi connectivity index (χ4n) is 1.33. The molecule has 1 unspecified atom stereocenters. The first-order valence-electron chi connectivity index (χ1n) is 5.57. The van der Waals surface area contributed by atoms with E-state index in [2.05, 4.69) is 20.9 Å². The maximum absolute atomic E-state index is 9.77. The Bertz CT molecular complexity index is 305. The Morgan fingerprint density at radius 2 is 2.18 bits per heavy atom. The van der Waals surface area contributed by atoms with Crippen LogP contribution in [0.15, 0.2) is 22.8 Å². The molecule has 0 aromatic carbocycles. The summed E-state index contributed by atoms with van der Waals surface area (Å²) in [5, 5.41) is 9.77. The first-order valence-corrected chi connectivity index (χ1v) is 6.37. The van der Waals surface area contributed by atoms with E-state index in [4.69, 9.17) is 9.47 Å². The summed E-state index contributed by atoms with van der Waals surface area (Å²) in [4.78, 5) is 4.21. The highest BCUT2D eigenvalue weighted by molar-refractivity contribution is 9.10. The molecule has 1 rings (SSSR count). The normalized spacial score (nSPS) is 12.6. The SMILES string of the molecule is COCCOCCC(O)Cc1ccc(Br)cn1. The molecule has 0 aliphatic rings. The van der Waals surface area contributed by atoms with Gasteiger partial charge < -0.3 is 14.6 Å². The van der Waals surface area contributed by atoms with Gasteiger partial charge in [0.15, 0.2) is 0 Å². The fraction of sp³-hybridized carbons (Fsp3) is 0.583. The first-order chi connectivity index (χ1) is 8.22. The summed E-state index contributed by atoms with van der Waals surface area (Å²) in [7, 11) is 1.64. The number of hydrogen-bond donors (Lipinski definition) is 1. The van der Waals surface area contributed by atoms with Crippen LogP contribution in [-0.4, -0.2) is 43.1 Å². The minimum absolute atomic E-state index is 0.411. The summed E-state index contributed by atoms with van der Waals surface area (Å²) in [6.45, 7) is 1.70. The van der Waals surface area contributed by atoms with Crippen LogP contribution >= 0.6 is 15.9 Å². The van der Waals surface area contributed by atoms with Gasteiger partial charge in [0.05, 0.1) is 19.3 Å². The minimum Gasteiger partial charge on any atom is -0.393 e. The first kappa shape index (κ1) is 14.6. The Kier molecular flexibility index (Phi) is 7.35. The molecule has 0 aliphatic carbocycles. The Hall–Kier alpha value is -0.490. The van der Waals surface area contributed by atoms with Gasteiger partial charge in [-0.05, 0) is 34.5 Å². The number of rotatable bonds is 8. The van der Waals surface area contributed by atoms with Crippen molar-refractivity contribution in [2.75, 3.05) is 26.9 Å². The van der Waals surface area contributed by atoms with E-state index in [9.17, 15) is 5.11 Å². The molecule has 0 bridgehead atoms. The average Bonchev–Trinajstić information content (AvgIpc) is 2.32. The molecule has 5 heteroatoms. The van der Waals surface area contributed by atoms with Crippen LogP contribution in [0.4, 0.5) is 0 Å². The molecule has 1 N–H and O–H groups in total. The van der Waals surface area contributed by atoms with Crippen molar-refractivity contribution in [2.45, 2.75) is 18.9 Å². The molecule has 96 valence electrons. The van der Waals surface area contributed by atoms with Gasteiger partial charge in [0, 0.05) is 36.5 Å². The highest BCUT2D eigenvalue weighted by Gasteiger charge is 2.06. The predicted molar refractivity (Wildman–Crippen MR) is 69.0 cm³/mol. The van der Waals surface area contributed by atoms with Crippen molar-refractivity contribution < 1.29 is 14.6 Å². The largest absolute Gasteiger partial charge is 0.393 e. The molecule has 0 saturated heterocycles. The number of ether oxygens (including phenoxy) is 2. The van der Waals surface area contributed by atoms with Gasteiger partial charge >= 0.3 is 0 Å². The molecular weight excluding hydrogens is 286 g/mol. The van der Waals surface area contributed by atoms with Crippen molar-refractivity contribution in [3.63, 3.8) is 0 Å². The Morgan fingerprint density at radius 3 is 2.82 bits per heavy atom. The van der Waals surface area contributed by atoms with Crippen LogP contribution in [0.1, 0.15) is 12.1 Å². The van der Waals surface area contributed by atoms with E-state index < -0.39 is 6.10 Å². The number of aliphatic hydroxyl groups excluding tert-OH is 1. The Balaban J connectivity index is 2.16. The van der Waals surface area contributed by atoms with Gasteiger partial charge in [-0.3, -0.25) is 4.98 Å². The lowest BCUT2D eigenvalue weighted by atomic mass is 10.1. The third-order valence-electron chi connectivity index (χ3n) is 2.26. The van der Waals surface area contributed by atoms with E-state index in [1.807, 2.05) is 12.1 Å². The molecular formula is C12H18BrNO3. The maximum atomic E-state index is 9.77. The van der Waals surface area contributed by atoms with Gasteiger partial charge in [0.2, 0.25) is 0 Å². The molecule has 0 aliphatic heterocycles. The van der Waals surface area contributed by atoms with E-state index in [-0.39, 0.29) is 0 Å². The van der Waals surface area contributed by atoms with E-state index in [0.29, 0.717) is 32.7 Å². The molecule has 0 fully saturated rings. The summed E-state index contributed by atoms with van der Waals surface area (Å²) < 4.78 is 11.1. The van der Waals surface area contributed by atoms with E-state index >= 15 is 0 Å². The Labute approximate surface area is 110 Å². The molecule has 1 atom stereocenters. The number of aliphatic hydroxyl groups is 1. The van der Waals surface area contributed by atoms with Crippen LogP contribution in [0.2, 0.25) is 0 Å². The molecule has 1 aromatic heterocycles. The Morgan fingerprint density at radius 1 is 1.35 bits per heavy atom. The lowest BCUT2D eigenvalue weighted by molar-refractivity contribution is 0.0477. The lowest BCUT2D eigenvalue weighted by Crippen LogP contribution is -2.15. The third kappa shape index (κ3) is 6.73. The van der Waals surface area contributed by atoms with Gasteiger partial charge in [-0.25, -0.2) is 0 Å². The summed E-state index contributed by atoms with van der Waals surface area (Å²) in [5.74, 6) is 0. The number of nitrogens with zero attached hydrogens (tertiary/aromatic N) is 1. The van der Waals surface area contributed by atoms with Crippen LogP contribution in [0.5, 0.6) is 0 Å². The molecule has 17 heavy (non-hydrogen) atoms. The van der Waals surface area contributed by atoms with Crippen LogP contribution < -0.4 is 0 Å². The van der Waals surface area contributed by atoms with Gasteiger partial charge in [-0.15, -0.1) is 0 Å². The number of methoxy groups -OCH3 is 1. The van der Waals surface area contributed by atoms with Crippen LogP contribution in [0, 0.1) is 0 Å². The van der Waals surface area contributed by atoms with E-state index in [1.165, 1.54) is 0 Å². The van der Waals surface area contributed by atoms with Gasteiger partial charge in [0.25, 0.3) is 0 Å². The molecule has 0 saturated carbocycles. The van der Waals surface area contributed by atoms with Crippen molar-refractivity contribution in [3.8, 4) is 0 Å². The monoisotopic (exact) mass is 303 g/mol. The van der Waals surface area contributed by atoms with Crippen LogP contribution in [0.25, 0.3) is 0 Å². The zero-order valence-corrected chi connectivity index (χ0v) is 11.5. The second-order valence-electron chi connectivity index (χ2n) is 3.72. The number of pyridine rings is 1. The number of hydrogen-bond acceptors (Lipinski definition) is 4. The highest BCUT2D eigenvalue weighted by Crippen LogP contribution is 2.09. The van der Waals surface area contributed by atoms with Crippen molar-refractivity contribution in [2.24, 2.45) is 0 Å². The minimum atomic E-state index is -0.411. The second kappa shape index (κ2) is 8.58. The van der Waals surface area contributed by atoms with Crippen molar-refractivity contribution in [1.29, 1.82) is 0 Å². The van der Waals surface area contributed by atoms with Gasteiger partial charge in [-0.1, -0.05) is 0 Å². The van der Waals surface area contributed by atoms with E-state index in [1.54, 1.807) is 13.3 Å². The summed E-state index contributed by atoms with van der Waals surface area (Å²) >= 11 is 3.32. The van der Waals surface area contributed by atoms with Gasteiger partial charge in [0.1, 0.15) is 0 Å². The smallest absolute Gasteiger partial charge is 0.0700 e. The summed E-state index contributed by atoms with van der Waals surface area (Å²) in [6, 6.07) is 3.82. The van der Waals surface area contributed by atoms with Crippen LogP contribution in [-0.2, 0) is 15.9 Å². The summed E-state index contributed by atoms with van der Waals surface area (Å²) in [6.07, 6.45) is 2.49. The fourth-order valence-corrected chi connectivity index (χ4v) is 1.57. The number of halogens is 1. The molecule has 4 nitrogen and oxygen atoms in total. The van der Waals surface area contributed by atoms with Crippen molar-refractivity contribution in [1.82, 2.24) is 4.98 Å². The molecule has 0 amide bonds. The molecule has 1 heterocycles. The number of aromatic nitrogens is 1. The standard InChI is InChI=1S/C12H18BrNO3/c1-16-6-7-17-5-4-12(15)8-11-3-2-10(13)9-14-11/h2-3,9,12,15H,4-8H2,1H3. The van der Waals surface area contributed by atoms with E-state index in [0.717, 1.165) is 10.2 Å². The zero-order chi connectivity index (χ0) is 12.5. The van der Waals surface area contributed by atoms with Gasteiger partial charge in [-0.2, -0.15) is 0 Å². The predicted octanol–water partition coefficient (Wildman–Crippen LogP) is 1.80. The highest BCUT2D eigenvalue weighted by atomic mass is 79.9. The topological polar surface area (TPSA) is 51.6 Å². The maximum Gasteiger partial charge on any atom is 0.0700 e. The average molecular weight is 304 g/mol. The lowest BCUT2D eigenvalue weighted by Gasteiger charge is -2.10. The second-order valence-corrected chi connectivity index (χ2v) is 4.64. The summed E-state index contributed by atoms with van der Waals surface area (Å²) in [5.41, 5.74) is 0.887. The van der Waals surface area contributed by atoms with Crippen molar-refractivity contribution in [3.05, 3.63) is 28.5 Å². The molecule has 0 spiro atoms.